The summed E-state index contributed by atoms with van der Waals surface area (Å²) in [5.41, 5.74) is 2.50. The van der Waals surface area contributed by atoms with Crippen LogP contribution in [0.3, 0.4) is 0 Å². The number of halogens is 2. The van der Waals surface area contributed by atoms with E-state index in [0.29, 0.717) is 16.5 Å². The second kappa shape index (κ2) is 5.99. The Morgan fingerprint density at radius 1 is 1.00 bits per heavy atom. The summed E-state index contributed by atoms with van der Waals surface area (Å²) in [4.78, 5) is 8.18. The first-order chi connectivity index (χ1) is 10.6. The molecule has 0 spiro atoms. The van der Waals surface area contributed by atoms with Crippen molar-refractivity contribution in [1.29, 1.82) is 0 Å². The molecule has 22 heavy (non-hydrogen) atoms. The van der Waals surface area contributed by atoms with E-state index in [2.05, 4.69) is 9.97 Å². The molecule has 0 bridgehead atoms. The molecule has 112 valence electrons. The van der Waals surface area contributed by atoms with E-state index in [1.54, 1.807) is 26.5 Å². The van der Waals surface area contributed by atoms with Gasteiger partial charge in [0.05, 0.1) is 24.8 Å². The summed E-state index contributed by atoms with van der Waals surface area (Å²) in [6.45, 7) is 0. The largest absolute Gasteiger partial charge is 0.497 e. The average molecular weight is 335 g/mol. The molecule has 0 fully saturated rings. The molecule has 0 N–H and O–H groups in total. The molecule has 0 unspecified atom stereocenters. The average Bonchev–Trinajstić information content (AvgIpc) is 2.54. The Hall–Kier alpha value is -2.04. The first-order valence-corrected chi connectivity index (χ1v) is 7.22. The summed E-state index contributed by atoms with van der Waals surface area (Å²) in [6.07, 6.45) is 1.68. The van der Waals surface area contributed by atoms with Gasteiger partial charge in [-0.25, -0.2) is 9.97 Å². The van der Waals surface area contributed by atoms with Crippen molar-refractivity contribution in [3.05, 3.63) is 46.8 Å². The second-order valence-electron chi connectivity index (χ2n) is 4.60. The lowest BCUT2D eigenvalue weighted by atomic mass is 10.0. The fourth-order valence-electron chi connectivity index (χ4n) is 2.23. The third-order valence-electron chi connectivity index (χ3n) is 3.33. The van der Waals surface area contributed by atoms with Gasteiger partial charge in [0.1, 0.15) is 11.5 Å². The van der Waals surface area contributed by atoms with Crippen molar-refractivity contribution in [2.45, 2.75) is 0 Å². The van der Waals surface area contributed by atoms with Gasteiger partial charge in [-0.2, -0.15) is 0 Å². The van der Waals surface area contributed by atoms with Crippen LogP contribution in [0.1, 0.15) is 0 Å². The van der Waals surface area contributed by atoms with Crippen LogP contribution in [0.5, 0.6) is 11.5 Å². The van der Waals surface area contributed by atoms with Crippen LogP contribution in [0.15, 0.2) is 36.5 Å². The van der Waals surface area contributed by atoms with Gasteiger partial charge < -0.3 is 9.47 Å². The van der Waals surface area contributed by atoms with Gasteiger partial charge in [-0.05, 0) is 35.4 Å². The fraction of sp³-hybridized carbons (Fsp3) is 0.125. The summed E-state index contributed by atoms with van der Waals surface area (Å²) >= 11 is 12.2. The summed E-state index contributed by atoms with van der Waals surface area (Å²) in [7, 11) is 3.17. The highest BCUT2D eigenvalue weighted by molar-refractivity contribution is 6.35. The molecule has 0 aliphatic heterocycles. The maximum absolute atomic E-state index is 6.42. The lowest BCUT2D eigenvalue weighted by Gasteiger charge is -2.12. The number of rotatable bonds is 3. The molecule has 0 amide bonds. The zero-order valence-corrected chi connectivity index (χ0v) is 13.4. The van der Waals surface area contributed by atoms with E-state index in [0.717, 1.165) is 22.0 Å². The van der Waals surface area contributed by atoms with Crippen LogP contribution in [-0.4, -0.2) is 24.2 Å². The van der Waals surface area contributed by atoms with Crippen molar-refractivity contribution >= 4 is 34.1 Å². The predicted octanol–water partition coefficient (Wildman–Crippen LogP) is 4.62. The SMILES string of the molecule is COc1cc(OC)c(Cl)c(-c2ccc3nc(Cl)ncc3c2)c1. The monoisotopic (exact) mass is 334 g/mol. The Bertz CT molecular complexity index is 853. The number of ether oxygens (including phenoxy) is 2. The lowest BCUT2D eigenvalue weighted by Crippen LogP contribution is -1.91. The number of aromatic nitrogens is 2. The highest BCUT2D eigenvalue weighted by Crippen LogP contribution is 2.39. The molecule has 0 aliphatic rings. The maximum atomic E-state index is 6.42. The van der Waals surface area contributed by atoms with Gasteiger partial charge >= 0.3 is 0 Å². The van der Waals surface area contributed by atoms with Gasteiger partial charge in [-0.3, -0.25) is 0 Å². The van der Waals surface area contributed by atoms with Crippen molar-refractivity contribution in [2.24, 2.45) is 0 Å². The van der Waals surface area contributed by atoms with E-state index in [4.69, 9.17) is 32.7 Å². The predicted molar refractivity (Wildman–Crippen MR) is 88.1 cm³/mol. The van der Waals surface area contributed by atoms with Gasteiger partial charge in [-0.15, -0.1) is 0 Å². The molecule has 3 rings (SSSR count). The molecule has 0 aliphatic carbocycles. The molecule has 0 saturated carbocycles. The van der Waals surface area contributed by atoms with Crippen LogP contribution in [0, 0.1) is 0 Å². The number of fused-ring (bicyclic) bond motifs is 1. The van der Waals surface area contributed by atoms with Crippen LogP contribution in [0.25, 0.3) is 22.0 Å². The number of methoxy groups -OCH3 is 2. The van der Waals surface area contributed by atoms with E-state index >= 15 is 0 Å². The van der Waals surface area contributed by atoms with E-state index in [-0.39, 0.29) is 5.28 Å². The van der Waals surface area contributed by atoms with E-state index in [1.807, 2.05) is 24.3 Å². The Labute approximate surface area is 137 Å². The standard InChI is InChI=1S/C16H12Cl2N2O2/c1-21-11-6-12(15(17)14(7-11)22-2)9-3-4-13-10(5-9)8-19-16(18)20-13/h3-8H,1-2H3. The maximum Gasteiger partial charge on any atom is 0.222 e. The third-order valence-corrected chi connectivity index (χ3v) is 3.90. The molecule has 0 saturated heterocycles. The zero-order chi connectivity index (χ0) is 15.7. The van der Waals surface area contributed by atoms with E-state index in [1.165, 1.54) is 0 Å². The Balaban J connectivity index is 2.20. The highest BCUT2D eigenvalue weighted by Gasteiger charge is 2.13. The number of nitrogens with zero attached hydrogens (tertiary/aromatic N) is 2. The fourth-order valence-corrected chi connectivity index (χ4v) is 2.66. The molecule has 3 aromatic rings. The minimum atomic E-state index is 0.223. The first kappa shape index (κ1) is 14.9. The van der Waals surface area contributed by atoms with Gasteiger partial charge in [0.2, 0.25) is 5.28 Å². The minimum absolute atomic E-state index is 0.223. The Morgan fingerprint density at radius 3 is 2.55 bits per heavy atom. The van der Waals surface area contributed by atoms with Crippen molar-refractivity contribution in [3.63, 3.8) is 0 Å². The molecule has 0 atom stereocenters. The van der Waals surface area contributed by atoms with Crippen LogP contribution >= 0.6 is 23.2 Å². The van der Waals surface area contributed by atoms with Crippen molar-refractivity contribution < 1.29 is 9.47 Å². The summed E-state index contributed by atoms with van der Waals surface area (Å²) in [6, 6.07) is 9.36. The molecule has 1 heterocycles. The molecule has 2 aromatic carbocycles. The molecule has 4 nitrogen and oxygen atoms in total. The number of benzene rings is 2. The molecule has 0 radical (unpaired) electrons. The Morgan fingerprint density at radius 2 is 1.82 bits per heavy atom. The quantitative estimate of drug-likeness (QED) is 0.655. The van der Waals surface area contributed by atoms with Gasteiger partial charge in [0, 0.05) is 23.2 Å². The Kier molecular flexibility index (Phi) is 4.05. The number of hydrogen-bond acceptors (Lipinski definition) is 4. The minimum Gasteiger partial charge on any atom is -0.497 e. The van der Waals surface area contributed by atoms with Crippen molar-refractivity contribution in [1.82, 2.24) is 9.97 Å². The molecule has 1 aromatic heterocycles. The topological polar surface area (TPSA) is 44.2 Å². The summed E-state index contributed by atoms with van der Waals surface area (Å²) < 4.78 is 10.6. The smallest absolute Gasteiger partial charge is 0.222 e. The molecule has 6 heteroatoms. The third kappa shape index (κ3) is 2.67. The highest BCUT2D eigenvalue weighted by atomic mass is 35.5. The number of hydrogen-bond donors (Lipinski definition) is 0. The normalized spacial score (nSPS) is 10.7. The van der Waals surface area contributed by atoms with Crippen LogP contribution in [0.2, 0.25) is 10.3 Å². The van der Waals surface area contributed by atoms with Crippen LogP contribution < -0.4 is 9.47 Å². The van der Waals surface area contributed by atoms with Crippen LogP contribution in [-0.2, 0) is 0 Å². The first-order valence-electron chi connectivity index (χ1n) is 6.46. The zero-order valence-electron chi connectivity index (χ0n) is 11.9. The van der Waals surface area contributed by atoms with Gasteiger partial charge in [-0.1, -0.05) is 17.7 Å². The lowest BCUT2D eigenvalue weighted by molar-refractivity contribution is 0.395. The molecular weight excluding hydrogens is 323 g/mol. The molecular formula is C16H12Cl2N2O2. The van der Waals surface area contributed by atoms with Crippen LogP contribution in [0.4, 0.5) is 0 Å². The van der Waals surface area contributed by atoms with Gasteiger partial charge in [0.15, 0.2) is 0 Å². The second-order valence-corrected chi connectivity index (χ2v) is 5.32. The van der Waals surface area contributed by atoms with Crippen molar-refractivity contribution in [2.75, 3.05) is 14.2 Å². The summed E-state index contributed by atoms with van der Waals surface area (Å²) in [5, 5.41) is 1.62. The van der Waals surface area contributed by atoms with Crippen molar-refractivity contribution in [3.8, 4) is 22.6 Å². The van der Waals surface area contributed by atoms with Gasteiger partial charge in [0.25, 0.3) is 0 Å². The van der Waals surface area contributed by atoms with E-state index in [9.17, 15) is 0 Å². The van der Waals surface area contributed by atoms with E-state index < -0.39 is 0 Å². The summed E-state index contributed by atoms with van der Waals surface area (Å²) in [5.74, 6) is 1.23.